The van der Waals surface area contributed by atoms with Gasteiger partial charge in [-0.2, -0.15) is 0 Å². The van der Waals surface area contributed by atoms with Gasteiger partial charge in [0.25, 0.3) is 0 Å². The Morgan fingerprint density at radius 3 is 1.91 bits per heavy atom. The zero-order chi connectivity index (χ0) is 43.9. The van der Waals surface area contributed by atoms with Crippen molar-refractivity contribution in [2.45, 2.75) is 57.5 Å². The number of hydrogen-bond acceptors (Lipinski definition) is 2. The minimum absolute atomic E-state index is 0.296. The summed E-state index contributed by atoms with van der Waals surface area (Å²) in [5, 5.41) is 10.0. The van der Waals surface area contributed by atoms with Gasteiger partial charge in [-0.25, -0.2) is 0 Å². The van der Waals surface area contributed by atoms with Crippen LogP contribution in [-0.4, -0.2) is 21.6 Å². The van der Waals surface area contributed by atoms with Gasteiger partial charge in [-0.3, -0.25) is 0 Å². The molecule has 1 aliphatic carbocycles. The summed E-state index contributed by atoms with van der Waals surface area (Å²) in [7, 11) is 0. The number of hydrogen-bond donors (Lipinski definition) is 0. The maximum absolute atomic E-state index is 6.36. The van der Waals surface area contributed by atoms with Gasteiger partial charge < -0.3 is 13.9 Å². The maximum atomic E-state index is 6.36. The van der Waals surface area contributed by atoms with Gasteiger partial charge in [0.05, 0.1) is 23.1 Å². The zero-order valence-electron chi connectivity index (χ0n) is 37.4. The highest BCUT2D eigenvalue weighted by molar-refractivity contribution is 6.33. The Hall–Kier alpha value is -7.62. The largest absolute Gasteiger partial charge is 0.456 e. The molecule has 3 atom stereocenters. The van der Waals surface area contributed by atoms with Gasteiger partial charge in [-0.1, -0.05) is 166 Å². The molecular formula is C63H50N2O. The standard InChI is InChI=1S/C63H50N2O/c1-3-16-57-63(65(57)58(42-19-9-5-10-20-42)35-40(2)41-17-7-4-8-18-41)47-22-13-21-43(36-47)45-30-33-55-53(38-45)54-39-46(31-34-56(54)64(55)48-23-11-6-12-24-48)44-29-32-49-50-25-14-27-59-61(50)62-51(52(49)37-44)26-15-28-60(62)66-59/h4-12,14-15,17-20,22-40,57,63H,3,13,16,21H2,1-2H3/b58-35-. The van der Waals surface area contributed by atoms with Crippen molar-refractivity contribution in [3.8, 4) is 16.8 Å². The molecule has 9 aromatic carbocycles. The second kappa shape index (κ2) is 15.5. The van der Waals surface area contributed by atoms with Crippen LogP contribution < -0.4 is 0 Å². The lowest BCUT2D eigenvalue weighted by molar-refractivity contribution is 0.636. The number of nitrogens with zero attached hydrogens (tertiary/aromatic N) is 2. The topological polar surface area (TPSA) is 21.1 Å². The van der Waals surface area contributed by atoms with E-state index in [2.05, 4.69) is 224 Å². The molecule has 0 bridgehead atoms. The van der Waals surface area contributed by atoms with E-state index in [1.165, 1.54) is 111 Å². The molecule has 1 saturated heterocycles. The fraction of sp³-hybridized carbons (Fsp3) is 0.143. The second-order valence-electron chi connectivity index (χ2n) is 18.6. The number of allylic oxidation sites excluding steroid dienone is 3. The van der Waals surface area contributed by atoms with E-state index in [4.69, 9.17) is 4.42 Å². The molecule has 0 saturated carbocycles. The van der Waals surface area contributed by atoms with Gasteiger partial charge in [0, 0.05) is 38.8 Å². The number of aromatic nitrogens is 1. The number of para-hydroxylation sites is 1. The van der Waals surface area contributed by atoms with Gasteiger partial charge in [0.1, 0.15) is 11.2 Å². The second-order valence-corrected chi connectivity index (χ2v) is 18.6. The summed E-state index contributed by atoms with van der Waals surface area (Å²) in [6, 6.07) is 67.9. The summed E-state index contributed by atoms with van der Waals surface area (Å²) in [5.74, 6) is 0.296. The first-order chi connectivity index (χ1) is 32.6. The highest BCUT2D eigenvalue weighted by Crippen LogP contribution is 2.49. The van der Waals surface area contributed by atoms with Crippen molar-refractivity contribution < 1.29 is 4.42 Å². The third kappa shape index (κ3) is 6.25. The first kappa shape index (κ1) is 38.8. The van der Waals surface area contributed by atoms with Crippen LogP contribution in [0.4, 0.5) is 0 Å². The van der Waals surface area contributed by atoms with Crippen LogP contribution in [0.1, 0.15) is 62.1 Å². The Morgan fingerprint density at radius 2 is 1.21 bits per heavy atom. The molecule has 11 aromatic rings. The van der Waals surface area contributed by atoms with E-state index in [-0.39, 0.29) is 0 Å². The van der Waals surface area contributed by atoms with E-state index < -0.39 is 0 Å². The Bertz CT molecular complexity index is 3740. The van der Waals surface area contributed by atoms with Crippen LogP contribution in [0.25, 0.3) is 93.4 Å². The van der Waals surface area contributed by atoms with Gasteiger partial charge in [0.2, 0.25) is 0 Å². The van der Waals surface area contributed by atoms with Crippen LogP contribution in [0, 0.1) is 0 Å². The maximum Gasteiger partial charge on any atom is 0.136 e. The third-order valence-corrected chi connectivity index (χ3v) is 14.7. The Balaban J connectivity index is 0.913. The van der Waals surface area contributed by atoms with Crippen molar-refractivity contribution in [1.82, 2.24) is 9.47 Å². The minimum Gasteiger partial charge on any atom is -0.456 e. The molecule has 0 spiro atoms. The van der Waals surface area contributed by atoms with Gasteiger partial charge in [0.15, 0.2) is 0 Å². The van der Waals surface area contributed by atoms with Gasteiger partial charge >= 0.3 is 0 Å². The summed E-state index contributed by atoms with van der Waals surface area (Å²) < 4.78 is 8.80. The van der Waals surface area contributed by atoms with Crippen LogP contribution in [0.5, 0.6) is 0 Å². The summed E-state index contributed by atoms with van der Waals surface area (Å²) in [4.78, 5) is 2.72. The van der Waals surface area contributed by atoms with Crippen molar-refractivity contribution in [2.24, 2.45) is 0 Å². The van der Waals surface area contributed by atoms with Crippen molar-refractivity contribution in [2.75, 3.05) is 0 Å². The number of fused-ring (bicyclic) bond motifs is 6. The summed E-state index contributed by atoms with van der Waals surface area (Å²) >= 11 is 0. The molecule has 0 N–H and O–H groups in total. The van der Waals surface area contributed by atoms with E-state index in [0.717, 1.165) is 30.4 Å². The van der Waals surface area contributed by atoms with E-state index in [1.54, 1.807) is 0 Å². The highest BCUT2D eigenvalue weighted by atomic mass is 16.3. The van der Waals surface area contributed by atoms with Crippen molar-refractivity contribution in [1.29, 1.82) is 0 Å². The molecule has 3 heteroatoms. The average Bonchev–Trinajstić information content (AvgIpc) is 3.79. The van der Waals surface area contributed by atoms with E-state index in [1.807, 2.05) is 0 Å². The smallest absolute Gasteiger partial charge is 0.136 e. The van der Waals surface area contributed by atoms with Crippen molar-refractivity contribution in [3.63, 3.8) is 0 Å². The van der Waals surface area contributed by atoms with Crippen molar-refractivity contribution in [3.05, 3.63) is 222 Å². The molecule has 2 aromatic heterocycles. The van der Waals surface area contributed by atoms with Crippen LogP contribution >= 0.6 is 0 Å². The monoisotopic (exact) mass is 850 g/mol. The third-order valence-electron chi connectivity index (χ3n) is 14.7. The van der Waals surface area contributed by atoms with Crippen LogP contribution in [-0.2, 0) is 0 Å². The molecule has 0 amide bonds. The van der Waals surface area contributed by atoms with Crippen LogP contribution in [0.3, 0.4) is 0 Å². The average molecular weight is 851 g/mol. The highest BCUT2D eigenvalue weighted by Gasteiger charge is 2.49. The molecule has 66 heavy (non-hydrogen) atoms. The zero-order valence-corrected chi connectivity index (χ0v) is 37.4. The fourth-order valence-electron chi connectivity index (χ4n) is 11.5. The molecule has 2 aliphatic rings. The number of rotatable bonds is 10. The molecule has 3 nitrogen and oxygen atoms in total. The lowest BCUT2D eigenvalue weighted by Crippen LogP contribution is -2.07. The number of benzene rings is 9. The molecule has 1 fully saturated rings. The summed E-state index contributed by atoms with van der Waals surface area (Å²) in [6.07, 6.45) is 12.0. The Labute approximate surface area is 385 Å². The first-order valence-electron chi connectivity index (χ1n) is 23.9. The normalized spacial score (nSPS) is 17.1. The lowest BCUT2D eigenvalue weighted by atomic mass is 9.90. The first-order valence-corrected chi connectivity index (χ1v) is 23.9. The fourth-order valence-corrected chi connectivity index (χ4v) is 11.5. The van der Waals surface area contributed by atoms with E-state index in [9.17, 15) is 0 Å². The molecule has 318 valence electrons. The molecule has 1 aliphatic heterocycles. The Morgan fingerprint density at radius 1 is 0.606 bits per heavy atom. The molecule has 3 unspecified atom stereocenters. The van der Waals surface area contributed by atoms with Gasteiger partial charge in [-0.05, 0) is 134 Å². The molecule has 0 radical (unpaired) electrons. The van der Waals surface area contributed by atoms with Crippen molar-refractivity contribution >= 4 is 76.6 Å². The van der Waals surface area contributed by atoms with Crippen LogP contribution in [0.2, 0.25) is 0 Å². The summed E-state index contributed by atoms with van der Waals surface area (Å²) in [6.45, 7) is 4.66. The minimum atomic E-state index is 0.296. The van der Waals surface area contributed by atoms with Gasteiger partial charge in [-0.15, -0.1) is 0 Å². The van der Waals surface area contributed by atoms with E-state index >= 15 is 0 Å². The molecular weight excluding hydrogens is 801 g/mol. The predicted octanol–water partition coefficient (Wildman–Crippen LogP) is 16.9. The quantitative estimate of drug-likeness (QED) is 0.101. The summed E-state index contributed by atoms with van der Waals surface area (Å²) in [5.41, 5.74) is 16.1. The number of furan rings is 1. The lowest BCUT2D eigenvalue weighted by Gasteiger charge is -2.18. The van der Waals surface area contributed by atoms with E-state index in [0.29, 0.717) is 18.0 Å². The SMILES string of the molecule is CCCC1C(C2=CCCC(c3ccc4c(c3)c3cc(-c5ccc6c(c5)c5cccc7oc8cccc6c8c75)ccc3n4-c3ccccc3)=C2)N1/C(=C\C(C)c1ccccc1)c1ccccc1. The van der Waals surface area contributed by atoms with Crippen LogP contribution in [0.15, 0.2) is 210 Å². The molecule has 3 heterocycles. The molecule has 13 rings (SSSR count). The Kier molecular flexibility index (Phi) is 9.13. The predicted molar refractivity (Wildman–Crippen MR) is 279 cm³/mol.